The fraction of sp³-hybridized carbons (Fsp3) is 0.438. The highest BCUT2D eigenvalue weighted by Crippen LogP contribution is 2.55. The van der Waals surface area contributed by atoms with Crippen LogP contribution in [0.3, 0.4) is 0 Å². The summed E-state index contributed by atoms with van der Waals surface area (Å²) < 4.78 is 5.94. The molecule has 4 atom stereocenters. The van der Waals surface area contributed by atoms with Gasteiger partial charge in [-0.05, 0) is 68.4 Å². The number of Topliss-reactive ketones (excluding diaryl/α,β-unsaturated/α-hetero) is 1. The van der Waals surface area contributed by atoms with Crippen LogP contribution in [0.4, 0.5) is 0 Å². The van der Waals surface area contributed by atoms with Gasteiger partial charge in [-0.25, -0.2) is 0 Å². The maximum Gasteiger partial charge on any atom is 0.233 e. The topological polar surface area (TPSA) is 101 Å². The number of phenols is 1. The van der Waals surface area contributed by atoms with Gasteiger partial charge in [-0.1, -0.05) is 30.9 Å². The van der Waals surface area contributed by atoms with Gasteiger partial charge in [-0.15, -0.1) is 0 Å². The zero-order valence-corrected chi connectivity index (χ0v) is 21.9. The molecule has 1 saturated carbocycles. The number of ketones is 2. The molecule has 6 aliphatic rings. The third-order valence-electron chi connectivity index (χ3n) is 9.68. The van der Waals surface area contributed by atoms with Crippen molar-refractivity contribution in [3.8, 4) is 11.5 Å². The molecule has 7 heteroatoms. The minimum atomic E-state index is -0.522. The Balaban J connectivity index is 1.31. The molecular formula is C32H31NO6. The van der Waals surface area contributed by atoms with Crippen LogP contribution in [0.2, 0.25) is 0 Å². The number of likely N-dealkylation sites (tertiary alicyclic amines) is 1. The van der Waals surface area contributed by atoms with Crippen molar-refractivity contribution in [2.24, 2.45) is 23.7 Å². The number of hydrogen-bond acceptors (Lipinski definition) is 6. The van der Waals surface area contributed by atoms with E-state index in [-0.39, 0.29) is 47.5 Å². The zero-order chi connectivity index (χ0) is 27.0. The van der Waals surface area contributed by atoms with Crippen LogP contribution >= 0.6 is 0 Å². The van der Waals surface area contributed by atoms with E-state index in [1.165, 1.54) is 6.08 Å². The zero-order valence-electron chi connectivity index (χ0n) is 21.9. The summed E-state index contributed by atoms with van der Waals surface area (Å²) in [6.07, 6.45) is 11.2. The number of rotatable bonds is 2. The van der Waals surface area contributed by atoms with E-state index in [0.717, 1.165) is 48.8 Å². The first-order chi connectivity index (χ1) is 18.8. The smallest absolute Gasteiger partial charge is 0.233 e. The second-order valence-electron chi connectivity index (χ2n) is 11.8. The Morgan fingerprint density at radius 1 is 1.00 bits per heavy atom. The number of carbonyl (C=O) groups excluding carboxylic acids is 4. The molecule has 2 aliphatic heterocycles. The van der Waals surface area contributed by atoms with E-state index in [4.69, 9.17) is 4.74 Å². The van der Waals surface area contributed by atoms with Gasteiger partial charge in [0, 0.05) is 40.7 Å². The van der Waals surface area contributed by atoms with E-state index in [2.05, 4.69) is 6.08 Å². The number of hydrogen-bond donors (Lipinski definition) is 1. The Bertz CT molecular complexity index is 1470. The van der Waals surface area contributed by atoms with E-state index in [1.807, 2.05) is 0 Å². The third-order valence-corrected chi connectivity index (χ3v) is 9.68. The third kappa shape index (κ3) is 3.62. The number of carbonyl (C=O) groups is 4. The Kier molecular flexibility index (Phi) is 5.55. The molecule has 0 bridgehead atoms. The SMILES string of the molecule is CC1=CC(=O)C2=C(CC3C(=CCC4C(=O)N(C5CCCCC5)C(=O)C43)C2C2=COc3ccc(O)cc3C2)C1=O. The van der Waals surface area contributed by atoms with Crippen molar-refractivity contribution in [1.29, 1.82) is 0 Å². The van der Waals surface area contributed by atoms with Crippen LogP contribution in [-0.2, 0) is 25.6 Å². The Morgan fingerprint density at radius 3 is 2.59 bits per heavy atom. The maximum absolute atomic E-state index is 14.0. The van der Waals surface area contributed by atoms with Crippen LogP contribution in [0.5, 0.6) is 11.5 Å². The molecule has 0 spiro atoms. The summed E-state index contributed by atoms with van der Waals surface area (Å²) in [7, 11) is 0. The van der Waals surface area contributed by atoms with Crippen molar-refractivity contribution in [3.63, 3.8) is 0 Å². The number of ether oxygens (including phenoxy) is 1. The highest BCUT2D eigenvalue weighted by atomic mass is 16.5. The van der Waals surface area contributed by atoms with Gasteiger partial charge in [0.1, 0.15) is 11.5 Å². The molecule has 2 fully saturated rings. The molecule has 7 nitrogen and oxygen atoms in total. The van der Waals surface area contributed by atoms with Crippen molar-refractivity contribution >= 4 is 23.4 Å². The average Bonchev–Trinajstić information content (AvgIpc) is 3.20. The Labute approximate surface area is 226 Å². The van der Waals surface area contributed by atoms with Gasteiger partial charge >= 0.3 is 0 Å². The lowest BCUT2D eigenvalue weighted by molar-refractivity contribution is -0.143. The summed E-state index contributed by atoms with van der Waals surface area (Å²) in [6, 6.07) is 4.89. The minimum Gasteiger partial charge on any atom is -0.508 e. The van der Waals surface area contributed by atoms with Gasteiger partial charge in [0.2, 0.25) is 11.8 Å². The van der Waals surface area contributed by atoms with E-state index in [1.54, 1.807) is 36.3 Å². The lowest BCUT2D eigenvalue weighted by atomic mass is 9.58. The molecule has 1 aromatic carbocycles. The van der Waals surface area contributed by atoms with Crippen molar-refractivity contribution in [2.75, 3.05) is 0 Å². The molecule has 4 unspecified atom stereocenters. The van der Waals surface area contributed by atoms with Crippen LogP contribution < -0.4 is 4.74 Å². The standard InChI is InChI=1S/C32H31NO6/c1-16-11-25(35)29-24(30(16)36)14-23-21(27(29)18-12-17-13-20(34)7-10-26(17)39-15-18)8-9-22-28(23)32(38)33(31(22)37)19-5-3-2-4-6-19/h7-8,10-11,13,15,19,22-23,27-28,34H,2-6,9,12,14H2,1H3. The van der Waals surface area contributed by atoms with Crippen molar-refractivity contribution < 1.29 is 29.0 Å². The quantitative estimate of drug-likeness (QED) is 0.347. The van der Waals surface area contributed by atoms with Crippen molar-refractivity contribution in [2.45, 2.75) is 64.3 Å². The summed E-state index contributed by atoms with van der Waals surface area (Å²) in [5.74, 6) is -1.55. The second kappa shape index (κ2) is 8.90. The van der Waals surface area contributed by atoms with Crippen LogP contribution in [-0.4, -0.2) is 39.4 Å². The largest absolute Gasteiger partial charge is 0.508 e. The summed E-state index contributed by atoms with van der Waals surface area (Å²) in [5, 5.41) is 10.1. The van der Waals surface area contributed by atoms with Crippen molar-refractivity contribution in [1.82, 2.24) is 4.90 Å². The summed E-state index contributed by atoms with van der Waals surface area (Å²) >= 11 is 0. The van der Waals surface area contributed by atoms with Gasteiger partial charge in [-0.2, -0.15) is 0 Å². The van der Waals surface area contributed by atoms with Crippen LogP contribution in [0.15, 0.2) is 64.5 Å². The van der Waals surface area contributed by atoms with E-state index in [9.17, 15) is 24.3 Å². The van der Waals surface area contributed by atoms with Crippen LogP contribution in [0.25, 0.3) is 0 Å². The highest BCUT2D eigenvalue weighted by Gasteiger charge is 2.57. The molecule has 7 rings (SSSR count). The van der Waals surface area contributed by atoms with E-state index in [0.29, 0.717) is 35.3 Å². The molecule has 1 N–H and O–H groups in total. The summed E-state index contributed by atoms with van der Waals surface area (Å²) in [4.78, 5) is 56.1. The number of amides is 2. The molecule has 0 aromatic heterocycles. The Morgan fingerprint density at radius 2 is 1.79 bits per heavy atom. The van der Waals surface area contributed by atoms with Gasteiger partial charge in [0.25, 0.3) is 0 Å². The van der Waals surface area contributed by atoms with Crippen LogP contribution in [0.1, 0.15) is 57.4 Å². The average molecular weight is 526 g/mol. The lowest BCUT2D eigenvalue weighted by Crippen LogP contribution is -2.43. The van der Waals surface area contributed by atoms with Crippen molar-refractivity contribution in [3.05, 3.63) is 70.0 Å². The molecule has 4 aliphatic carbocycles. The second-order valence-corrected chi connectivity index (χ2v) is 11.8. The Hall–Kier alpha value is -3.74. The first kappa shape index (κ1) is 24.3. The lowest BCUT2D eigenvalue weighted by Gasteiger charge is -2.43. The van der Waals surface area contributed by atoms with Gasteiger partial charge < -0.3 is 9.84 Å². The number of fused-ring (bicyclic) bond motifs is 4. The molecule has 0 radical (unpaired) electrons. The molecule has 39 heavy (non-hydrogen) atoms. The van der Waals surface area contributed by atoms with Gasteiger partial charge in [-0.3, -0.25) is 24.1 Å². The molecule has 1 saturated heterocycles. The first-order valence-electron chi connectivity index (χ1n) is 14.1. The number of aromatic hydroxyl groups is 1. The number of imide groups is 1. The number of allylic oxidation sites excluding steroid dienone is 7. The van der Waals surface area contributed by atoms with Gasteiger partial charge in [0.05, 0.1) is 18.1 Å². The van der Waals surface area contributed by atoms with E-state index < -0.39 is 17.8 Å². The first-order valence-corrected chi connectivity index (χ1v) is 14.1. The van der Waals surface area contributed by atoms with E-state index >= 15 is 0 Å². The maximum atomic E-state index is 14.0. The summed E-state index contributed by atoms with van der Waals surface area (Å²) in [5.41, 5.74) is 3.87. The number of benzene rings is 1. The molecule has 2 amide bonds. The van der Waals surface area contributed by atoms with Crippen LogP contribution in [0, 0.1) is 23.7 Å². The minimum absolute atomic E-state index is 0.0383. The monoisotopic (exact) mass is 525 g/mol. The summed E-state index contributed by atoms with van der Waals surface area (Å²) in [6.45, 7) is 1.66. The highest BCUT2D eigenvalue weighted by molar-refractivity contribution is 6.23. The number of phenolic OH excluding ortho intramolecular Hbond substituents is 1. The predicted molar refractivity (Wildman–Crippen MR) is 141 cm³/mol. The molecule has 200 valence electrons. The number of nitrogens with zero attached hydrogens (tertiary/aromatic N) is 1. The molecular weight excluding hydrogens is 494 g/mol. The fourth-order valence-electron chi connectivity index (χ4n) is 7.92. The molecule has 2 heterocycles. The fourth-order valence-corrected chi connectivity index (χ4v) is 7.92. The normalized spacial score (nSPS) is 30.6. The molecule has 1 aromatic rings. The predicted octanol–water partition coefficient (Wildman–Crippen LogP) is 4.51. The van der Waals surface area contributed by atoms with Gasteiger partial charge in [0.15, 0.2) is 11.6 Å².